The Morgan fingerprint density at radius 1 is 1.26 bits per heavy atom. The highest BCUT2D eigenvalue weighted by Crippen LogP contribution is 2.26. The van der Waals surface area contributed by atoms with Gasteiger partial charge >= 0.3 is 5.97 Å². The normalized spacial score (nSPS) is 11.0. The van der Waals surface area contributed by atoms with Crippen molar-refractivity contribution in [2.75, 3.05) is 7.11 Å². The van der Waals surface area contributed by atoms with E-state index < -0.39 is 0 Å². The number of esters is 1. The summed E-state index contributed by atoms with van der Waals surface area (Å²) in [6.07, 6.45) is 4.54. The number of aromatic nitrogens is 3. The average molecular weight is 310 g/mol. The number of ether oxygens (including phenoxy) is 1. The van der Waals surface area contributed by atoms with Crippen LogP contribution >= 0.6 is 0 Å². The van der Waals surface area contributed by atoms with Crippen LogP contribution in [-0.2, 0) is 4.74 Å². The van der Waals surface area contributed by atoms with Gasteiger partial charge in [0.15, 0.2) is 0 Å². The summed E-state index contributed by atoms with van der Waals surface area (Å²) in [5.41, 5.74) is 2.33. The summed E-state index contributed by atoms with van der Waals surface area (Å²) in [5, 5.41) is 11.4. The molecule has 0 radical (unpaired) electrons. The third kappa shape index (κ3) is 3.18. The predicted molar refractivity (Wildman–Crippen MR) is 83.2 cm³/mol. The first-order chi connectivity index (χ1) is 11.2. The van der Waals surface area contributed by atoms with E-state index in [0.717, 1.165) is 11.1 Å². The molecule has 0 spiro atoms. The summed E-state index contributed by atoms with van der Waals surface area (Å²) in [6.45, 7) is 1.91. The van der Waals surface area contributed by atoms with Gasteiger partial charge in [-0.15, -0.1) is 10.2 Å². The summed E-state index contributed by atoms with van der Waals surface area (Å²) >= 11 is 0. The van der Waals surface area contributed by atoms with Crippen LogP contribution in [0.3, 0.4) is 0 Å². The molecule has 0 aliphatic rings. The molecule has 0 saturated heterocycles. The van der Waals surface area contributed by atoms with Crippen LogP contribution in [-0.4, -0.2) is 34.2 Å². The van der Waals surface area contributed by atoms with Gasteiger partial charge in [0.25, 0.3) is 0 Å². The maximum atomic E-state index is 11.5. The SMILES string of the molecule is COC(=O)c1ccc(-c2ccc(/C=N\n3cnnc3)o2)c(C)c1. The molecule has 0 fully saturated rings. The number of benzene rings is 1. The zero-order chi connectivity index (χ0) is 16.2. The second-order valence-corrected chi connectivity index (χ2v) is 4.81. The Morgan fingerprint density at radius 3 is 2.74 bits per heavy atom. The van der Waals surface area contributed by atoms with Crippen molar-refractivity contribution < 1.29 is 13.9 Å². The summed E-state index contributed by atoms with van der Waals surface area (Å²) < 4.78 is 11.9. The minimum Gasteiger partial charge on any atom is -0.465 e. The zero-order valence-corrected chi connectivity index (χ0v) is 12.6. The molecule has 7 nitrogen and oxygen atoms in total. The Balaban J connectivity index is 1.84. The predicted octanol–water partition coefficient (Wildman–Crippen LogP) is 2.52. The van der Waals surface area contributed by atoms with Crippen LogP contribution in [0, 0.1) is 6.92 Å². The molecule has 0 bridgehead atoms. The largest absolute Gasteiger partial charge is 0.465 e. The van der Waals surface area contributed by atoms with Gasteiger partial charge in [-0.05, 0) is 36.8 Å². The first-order valence-electron chi connectivity index (χ1n) is 6.85. The van der Waals surface area contributed by atoms with Crippen molar-refractivity contribution in [3.63, 3.8) is 0 Å². The molecule has 0 unspecified atom stereocenters. The van der Waals surface area contributed by atoms with Crippen LogP contribution in [0.2, 0.25) is 0 Å². The minimum absolute atomic E-state index is 0.360. The van der Waals surface area contributed by atoms with E-state index in [9.17, 15) is 4.79 Å². The van der Waals surface area contributed by atoms with Gasteiger partial charge in [0.05, 0.1) is 18.9 Å². The first kappa shape index (κ1) is 14.7. The van der Waals surface area contributed by atoms with E-state index in [1.807, 2.05) is 25.1 Å². The highest BCUT2D eigenvalue weighted by molar-refractivity contribution is 5.90. The number of rotatable bonds is 4. The number of aryl methyl sites for hydroxylation is 1. The van der Waals surface area contributed by atoms with Gasteiger partial charge in [-0.1, -0.05) is 6.07 Å². The van der Waals surface area contributed by atoms with Crippen LogP contribution in [0.4, 0.5) is 0 Å². The lowest BCUT2D eigenvalue weighted by Crippen LogP contribution is -2.01. The van der Waals surface area contributed by atoms with Crippen molar-refractivity contribution in [3.05, 3.63) is 59.9 Å². The monoisotopic (exact) mass is 310 g/mol. The lowest BCUT2D eigenvalue weighted by Gasteiger charge is -2.05. The fourth-order valence-electron chi connectivity index (χ4n) is 2.13. The molecule has 0 N–H and O–H groups in total. The molecule has 3 aromatic rings. The first-order valence-corrected chi connectivity index (χ1v) is 6.85. The molecular formula is C16H14N4O3. The summed E-state index contributed by atoms with van der Waals surface area (Å²) in [5.74, 6) is 0.940. The van der Waals surface area contributed by atoms with Gasteiger partial charge < -0.3 is 9.15 Å². The van der Waals surface area contributed by atoms with Crippen molar-refractivity contribution in [2.45, 2.75) is 6.92 Å². The number of hydrogen-bond donors (Lipinski definition) is 0. The van der Waals surface area contributed by atoms with Gasteiger partial charge in [-0.25, -0.2) is 9.47 Å². The number of furan rings is 1. The second-order valence-electron chi connectivity index (χ2n) is 4.81. The average Bonchev–Trinajstić information content (AvgIpc) is 3.23. The Hall–Kier alpha value is -3.22. The highest BCUT2D eigenvalue weighted by atomic mass is 16.5. The fraction of sp³-hybridized carbons (Fsp3) is 0.125. The van der Waals surface area contributed by atoms with Crippen molar-refractivity contribution in [1.29, 1.82) is 0 Å². The molecule has 0 aliphatic heterocycles. The molecule has 2 aromatic heterocycles. The lowest BCUT2D eigenvalue weighted by atomic mass is 10.0. The van der Waals surface area contributed by atoms with Crippen molar-refractivity contribution >= 4 is 12.2 Å². The molecule has 0 atom stereocenters. The van der Waals surface area contributed by atoms with Gasteiger partial charge in [-0.2, -0.15) is 5.10 Å². The summed E-state index contributed by atoms with van der Waals surface area (Å²) in [6, 6.07) is 8.99. The molecular weight excluding hydrogens is 296 g/mol. The molecule has 7 heteroatoms. The van der Waals surface area contributed by atoms with Gasteiger partial charge in [-0.3, -0.25) is 0 Å². The minimum atomic E-state index is -0.360. The maximum Gasteiger partial charge on any atom is 0.337 e. The van der Waals surface area contributed by atoms with E-state index in [0.29, 0.717) is 17.1 Å². The third-order valence-corrected chi connectivity index (χ3v) is 3.26. The summed E-state index contributed by atoms with van der Waals surface area (Å²) in [4.78, 5) is 11.5. The lowest BCUT2D eigenvalue weighted by molar-refractivity contribution is 0.0600. The van der Waals surface area contributed by atoms with E-state index in [2.05, 4.69) is 15.3 Å². The molecule has 1 aromatic carbocycles. The van der Waals surface area contributed by atoms with Crippen LogP contribution in [0.25, 0.3) is 11.3 Å². The van der Waals surface area contributed by atoms with E-state index in [-0.39, 0.29) is 5.97 Å². The van der Waals surface area contributed by atoms with Gasteiger partial charge in [0.1, 0.15) is 24.2 Å². The van der Waals surface area contributed by atoms with Gasteiger partial charge in [0, 0.05) is 5.56 Å². The van der Waals surface area contributed by atoms with Crippen molar-refractivity contribution in [2.24, 2.45) is 5.10 Å². The molecule has 2 heterocycles. The standard InChI is InChI=1S/C16H14N4O3/c1-11-7-12(16(21)22-2)3-5-14(11)15-6-4-13(23-15)8-19-20-9-17-18-10-20/h3-10H,1-2H3/b19-8-. The van der Waals surface area contributed by atoms with Crippen LogP contribution in [0.1, 0.15) is 21.7 Å². The Morgan fingerprint density at radius 2 is 2.04 bits per heavy atom. The fourth-order valence-corrected chi connectivity index (χ4v) is 2.13. The maximum absolute atomic E-state index is 11.5. The van der Waals surface area contributed by atoms with E-state index >= 15 is 0 Å². The third-order valence-electron chi connectivity index (χ3n) is 3.26. The van der Waals surface area contributed by atoms with Crippen LogP contribution in [0.5, 0.6) is 0 Å². The van der Waals surface area contributed by atoms with Gasteiger partial charge in [0.2, 0.25) is 0 Å². The molecule has 3 rings (SSSR count). The topological polar surface area (TPSA) is 82.5 Å². The number of hydrogen-bond acceptors (Lipinski definition) is 6. The Labute approximate surface area is 132 Å². The number of carbonyl (C=O) groups is 1. The smallest absolute Gasteiger partial charge is 0.337 e. The number of nitrogens with zero attached hydrogens (tertiary/aromatic N) is 4. The Kier molecular flexibility index (Phi) is 4.01. The van der Waals surface area contributed by atoms with E-state index in [4.69, 9.17) is 9.15 Å². The zero-order valence-electron chi connectivity index (χ0n) is 12.6. The number of methoxy groups -OCH3 is 1. The van der Waals surface area contributed by atoms with E-state index in [1.165, 1.54) is 24.4 Å². The number of carbonyl (C=O) groups excluding carboxylic acids is 1. The second kappa shape index (κ2) is 6.27. The molecule has 116 valence electrons. The Bertz CT molecular complexity index is 850. The van der Waals surface area contributed by atoms with Crippen molar-refractivity contribution in [3.8, 4) is 11.3 Å². The molecule has 0 saturated carbocycles. The quantitative estimate of drug-likeness (QED) is 0.546. The molecule has 23 heavy (non-hydrogen) atoms. The van der Waals surface area contributed by atoms with E-state index in [1.54, 1.807) is 18.3 Å². The van der Waals surface area contributed by atoms with Crippen LogP contribution < -0.4 is 0 Å². The van der Waals surface area contributed by atoms with Crippen LogP contribution in [0.15, 0.2) is 52.5 Å². The summed E-state index contributed by atoms with van der Waals surface area (Å²) in [7, 11) is 1.36. The molecule has 0 amide bonds. The van der Waals surface area contributed by atoms with Crippen molar-refractivity contribution in [1.82, 2.24) is 14.9 Å². The highest BCUT2D eigenvalue weighted by Gasteiger charge is 2.11. The molecule has 0 aliphatic carbocycles.